The van der Waals surface area contributed by atoms with Crippen LogP contribution in [0.1, 0.15) is 112 Å². The average Bonchev–Trinajstić information content (AvgIpc) is 3.98. The van der Waals surface area contributed by atoms with Gasteiger partial charge in [0.25, 0.3) is 27.5 Å². The van der Waals surface area contributed by atoms with Crippen molar-refractivity contribution in [3.05, 3.63) is 106 Å². The number of sulfonamides is 1. The number of pyridine rings is 1. The second-order valence-corrected chi connectivity index (χ2v) is 22.4. The Labute approximate surface area is 403 Å². The van der Waals surface area contributed by atoms with Crippen LogP contribution in [0.15, 0.2) is 83.9 Å². The molecule has 5 fully saturated rings. The molecule has 2 saturated carbocycles. The highest BCUT2D eigenvalue weighted by Gasteiger charge is 2.49. The molecule has 2 aromatic heterocycles. The van der Waals surface area contributed by atoms with Gasteiger partial charge < -0.3 is 34.5 Å². The standard InChI is InChI=1S/C52H63N7O9S/c1-33(2)39-7-4-5-8-40(39)41-9-6-10-44(41)58-31-52(32-58)20-23-57(24-21-52)36-11-13-42(46(26-36)68-47-25-35-17-22-53-48(35)55-50(47)67-37-29-66-30-37)49(60)56-69(64,65)38-12-14-43(45(27-38)59(62)63)54-28-34-15-18-51(3,61)19-16-34/h4-5,7-8,11-14,17,22,25-27,33-34,37,41,44,54,61H,6,9-10,15-16,18-21,23-24,28-32H2,1-3H3,(H,53,55)(H,56,60)/t34-,41-,44-,51-/m0/s1. The van der Waals surface area contributed by atoms with Crippen molar-refractivity contribution in [3.8, 4) is 17.4 Å². The maximum absolute atomic E-state index is 14.2. The van der Waals surface area contributed by atoms with E-state index in [0.717, 1.165) is 69.0 Å². The van der Waals surface area contributed by atoms with Crippen molar-refractivity contribution in [2.24, 2.45) is 11.3 Å². The summed E-state index contributed by atoms with van der Waals surface area (Å²) >= 11 is 0. The zero-order valence-corrected chi connectivity index (χ0v) is 40.4. The van der Waals surface area contributed by atoms with Crippen LogP contribution in [0, 0.1) is 21.4 Å². The number of carbonyl (C=O) groups excluding carboxylic acids is 1. The minimum atomic E-state index is -4.62. The summed E-state index contributed by atoms with van der Waals surface area (Å²) in [7, 11) is -4.62. The molecule has 366 valence electrons. The second kappa shape index (κ2) is 18.9. The van der Waals surface area contributed by atoms with E-state index in [1.54, 1.807) is 24.4 Å². The first-order chi connectivity index (χ1) is 33.1. The fourth-order valence-electron chi connectivity index (χ4n) is 11.3. The van der Waals surface area contributed by atoms with Crippen LogP contribution in [0.3, 0.4) is 0 Å². The topological polar surface area (TPSA) is 201 Å². The Hall–Kier alpha value is -5.75. The van der Waals surface area contributed by atoms with Gasteiger partial charge >= 0.3 is 0 Å². The fraction of sp³-hybridized carbons (Fsp3) is 0.500. The number of anilines is 2. The maximum Gasteiger partial charge on any atom is 0.293 e. The minimum Gasteiger partial charge on any atom is -0.467 e. The Kier molecular flexibility index (Phi) is 12.8. The van der Waals surface area contributed by atoms with Crippen LogP contribution in [0.25, 0.3) is 11.0 Å². The monoisotopic (exact) mass is 961 g/mol. The highest BCUT2D eigenvalue weighted by Crippen LogP contribution is 2.49. The van der Waals surface area contributed by atoms with E-state index >= 15 is 0 Å². The van der Waals surface area contributed by atoms with Crippen LogP contribution >= 0.6 is 0 Å². The summed E-state index contributed by atoms with van der Waals surface area (Å²) in [5, 5.41) is 26.5. The molecule has 1 spiro atoms. The number of carbonyl (C=O) groups is 1. The summed E-state index contributed by atoms with van der Waals surface area (Å²) in [6.07, 6.45) is 10.0. The van der Waals surface area contributed by atoms with Crippen molar-refractivity contribution in [3.63, 3.8) is 0 Å². The van der Waals surface area contributed by atoms with Crippen molar-refractivity contribution in [1.29, 1.82) is 0 Å². The van der Waals surface area contributed by atoms with E-state index in [4.69, 9.17) is 14.2 Å². The van der Waals surface area contributed by atoms with Crippen molar-refractivity contribution in [1.82, 2.24) is 19.6 Å². The molecule has 17 heteroatoms. The number of rotatable bonds is 15. The number of piperidine rings is 1. The number of aromatic amines is 1. The molecule has 2 atom stereocenters. The molecule has 0 radical (unpaired) electrons. The number of nitrogens with one attached hydrogen (secondary N) is 3. The van der Waals surface area contributed by atoms with E-state index < -0.39 is 37.0 Å². The molecule has 3 aliphatic heterocycles. The number of nitro groups is 1. The predicted octanol–water partition coefficient (Wildman–Crippen LogP) is 8.87. The van der Waals surface area contributed by atoms with Gasteiger partial charge in [-0.05, 0) is 129 Å². The number of amides is 1. The fourth-order valence-corrected chi connectivity index (χ4v) is 12.3. The highest BCUT2D eigenvalue weighted by molar-refractivity contribution is 7.90. The lowest BCUT2D eigenvalue weighted by Crippen LogP contribution is -2.63. The first-order valence-corrected chi connectivity index (χ1v) is 26.1. The van der Waals surface area contributed by atoms with Gasteiger partial charge in [0, 0.05) is 68.2 Å². The molecule has 0 bridgehead atoms. The number of benzene rings is 3. The Balaban J connectivity index is 0.874. The van der Waals surface area contributed by atoms with Crippen molar-refractivity contribution >= 4 is 44.0 Å². The molecule has 69 heavy (non-hydrogen) atoms. The van der Waals surface area contributed by atoms with Crippen LogP contribution in [0.2, 0.25) is 0 Å². The molecule has 3 aromatic carbocycles. The lowest BCUT2D eigenvalue weighted by Gasteiger charge is -2.57. The molecule has 1 amide bonds. The van der Waals surface area contributed by atoms with Crippen molar-refractivity contribution in [2.75, 3.05) is 56.2 Å². The van der Waals surface area contributed by atoms with Crippen molar-refractivity contribution < 1.29 is 37.5 Å². The Bertz CT molecular complexity index is 2820. The van der Waals surface area contributed by atoms with Crippen LogP contribution in [-0.4, -0.2) is 103 Å². The molecule has 5 heterocycles. The van der Waals surface area contributed by atoms with Crippen molar-refractivity contribution in [2.45, 2.75) is 113 Å². The summed E-state index contributed by atoms with van der Waals surface area (Å²) in [4.78, 5) is 38.2. The lowest BCUT2D eigenvalue weighted by molar-refractivity contribution is -0.384. The number of nitrogens with zero attached hydrogens (tertiary/aromatic N) is 4. The third kappa shape index (κ3) is 9.88. The number of hydrogen-bond donors (Lipinski definition) is 4. The molecule has 3 saturated heterocycles. The van der Waals surface area contributed by atoms with Crippen LogP contribution in [0.4, 0.5) is 17.1 Å². The molecule has 0 unspecified atom stereocenters. The van der Waals surface area contributed by atoms with E-state index in [-0.39, 0.29) is 46.1 Å². The Morgan fingerprint density at radius 3 is 2.48 bits per heavy atom. The molecular formula is C52H63N7O9S. The first-order valence-electron chi connectivity index (χ1n) is 24.6. The highest BCUT2D eigenvalue weighted by atomic mass is 32.2. The lowest BCUT2D eigenvalue weighted by atomic mass is 9.70. The molecule has 2 aliphatic carbocycles. The molecule has 16 nitrogen and oxygen atoms in total. The zero-order chi connectivity index (χ0) is 48.1. The quantitative estimate of drug-likeness (QED) is 0.0573. The molecule has 4 N–H and O–H groups in total. The maximum atomic E-state index is 14.2. The summed E-state index contributed by atoms with van der Waals surface area (Å²) < 4.78 is 48.1. The van der Waals surface area contributed by atoms with E-state index in [9.17, 15) is 28.4 Å². The SMILES string of the molecule is CC(C)c1ccccc1[C@@H]1CCC[C@@H]1N1CC2(CCN(c3ccc(C(=O)NS(=O)(=O)c4ccc(NC[C@H]5CC[C@](C)(O)CC5)c([N+](=O)[O-])c4)c(Oc4cc5cc[nH]c5nc4OC4COC4)c3)CC2)C1. The minimum absolute atomic E-state index is 0.0677. The van der Waals surface area contributed by atoms with Gasteiger partial charge in [-0.25, -0.2) is 13.1 Å². The zero-order valence-electron chi connectivity index (χ0n) is 39.6. The van der Waals surface area contributed by atoms with E-state index in [1.807, 2.05) is 19.1 Å². The summed E-state index contributed by atoms with van der Waals surface area (Å²) in [5.41, 5.74) is 3.57. The predicted molar refractivity (Wildman–Crippen MR) is 263 cm³/mol. The number of H-pyrrole nitrogens is 1. The van der Waals surface area contributed by atoms with E-state index in [0.29, 0.717) is 56.1 Å². The number of fused-ring (bicyclic) bond motifs is 1. The van der Waals surface area contributed by atoms with Crippen LogP contribution in [-0.2, 0) is 14.8 Å². The Morgan fingerprint density at radius 1 is 0.986 bits per heavy atom. The number of hydrogen-bond acceptors (Lipinski definition) is 13. The Morgan fingerprint density at radius 2 is 1.75 bits per heavy atom. The van der Waals surface area contributed by atoms with Gasteiger partial charge in [0.15, 0.2) is 5.75 Å². The second-order valence-electron chi connectivity index (χ2n) is 20.7. The third-order valence-electron chi connectivity index (χ3n) is 15.5. The summed E-state index contributed by atoms with van der Waals surface area (Å²) in [6, 6.07) is 21.8. The van der Waals surface area contributed by atoms with Gasteiger partial charge in [-0.1, -0.05) is 44.5 Å². The largest absolute Gasteiger partial charge is 0.467 e. The van der Waals surface area contributed by atoms with Gasteiger partial charge in [0.1, 0.15) is 23.2 Å². The molecule has 5 aliphatic rings. The van der Waals surface area contributed by atoms with Gasteiger partial charge in [0.2, 0.25) is 0 Å². The van der Waals surface area contributed by atoms with Crippen LogP contribution < -0.4 is 24.4 Å². The average molecular weight is 962 g/mol. The van der Waals surface area contributed by atoms with E-state index in [1.165, 1.54) is 42.5 Å². The summed E-state index contributed by atoms with van der Waals surface area (Å²) in [5.74, 6) is 0.772. The third-order valence-corrected chi connectivity index (χ3v) is 16.8. The first kappa shape index (κ1) is 47.0. The van der Waals surface area contributed by atoms with Gasteiger partial charge in [-0.2, -0.15) is 4.98 Å². The van der Waals surface area contributed by atoms with Crippen LogP contribution in [0.5, 0.6) is 17.4 Å². The number of likely N-dealkylation sites (tertiary alicyclic amines) is 1. The molecular weight excluding hydrogens is 899 g/mol. The number of nitro benzene ring substituents is 1. The van der Waals surface area contributed by atoms with E-state index in [2.05, 4.69) is 67.9 Å². The normalized spacial score (nSPS) is 24.0. The number of aliphatic hydroxyl groups is 1. The smallest absolute Gasteiger partial charge is 0.293 e. The van der Waals surface area contributed by atoms with Gasteiger partial charge in [-0.15, -0.1) is 0 Å². The molecule has 5 aromatic rings. The number of ether oxygens (including phenoxy) is 3. The number of aromatic nitrogens is 2. The van der Waals surface area contributed by atoms with Gasteiger partial charge in [0.05, 0.1) is 34.2 Å². The summed E-state index contributed by atoms with van der Waals surface area (Å²) in [6.45, 7) is 11.4. The van der Waals surface area contributed by atoms with Gasteiger partial charge in [-0.3, -0.25) is 19.8 Å². The molecule has 10 rings (SSSR count).